The van der Waals surface area contributed by atoms with Gasteiger partial charge in [0.2, 0.25) is 11.6 Å². The van der Waals surface area contributed by atoms with Crippen LogP contribution < -0.4 is 11.1 Å². The average molecular weight is 245 g/mol. The molecule has 0 radical (unpaired) electrons. The maximum atomic E-state index is 10.9. The van der Waals surface area contributed by atoms with E-state index in [1.165, 1.54) is 6.33 Å². The van der Waals surface area contributed by atoms with Crippen molar-refractivity contribution in [3.8, 4) is 0 Å². The Morgan fingerprint density at radius 1 is 1.39 bits per heavy atom. The summed E-state index contributed by atoms with van der Waals surface area (Å²) in [5.41, 5.74) is 6.89. The van der Waals surface area contributed by atoms with Gasteiger partial charge in [0.1, 0.15) is 6.33 Å². The lowest BCUT2D eigenvalue weighted by Crippen LogP contribution is -2.04. The fraction of sp³-hybridized carbons (Fsp3) is 0.0909. The van der Waals surface area contributed by atoms with E-state index in [0.29, 0.717) is 5.69 Å². The summed E-state index contributed by atoms with van der Waals surface area (Å²) in [6.07, 6.45) is 1.18. The van der Waals surface area contributed by atoms with Crippen LogP contribution in [0.3, 0.4) is 0 Å². The monoisotopic (exact) mass is 245 g/mol. The fourth-order valence-electron chi connectivity index (χ4n) is 1.52. The van der Waals surface area contributed by atoms with Crippen LogP contribution in [0.4, 0.5) is 23.0 Å². The van der Waals surface area contributed by atoms with Gasteiger partial charge in [-0.2, -0.15) is 0 Å². The topological polar surface area (TPSA) is 107 Å². The molecular weight excluding hydrogens is 234 g/mol. The van der Waals surface area contributed by atoms with Crippen molar-refractivity contribution in [1.29, 1.82) is 0 Å². The highest BCUT2D eigenvalue weighted by molar-refractivity contribution is 5.72. The Kier molecular flexibility index (Phi) is 3.05. The normalized spacial score (nSPS) is 10.1. The lowest BCUT2D eigenvalue weighted by atomic mass is 10.2. The molecule has 2 rings (SSSR count). The van der Waals surface area contributed by atoms with Gasteiger partial charge in [0.15, 0.2) is 0 Å². The van der Waals surface area contributed by atoms with E-state index in [9.17, 15) is 10.1 Å². The first-order valence-corrected chi connectivity index (χ1v) is 5.16. The first-order chi connectivity index (χ1) is 8.58. The zero-order valence-electron chi connectivity index (χ0n) is 9.62. The van der Waals surface area contributed by atoms with Crippen LogP contribution in [0, 0.1) is 17.0 Å². The molecule has 0 spiro atoms. The standard InChI is InChI=1S/C11H11N5O2/c1-7-3-2-4-8(5-7)15-11-9(16(17)18)10(12)13-6-14-11/h2-6H,1H3,(H3,12,13,14,15). The molecule has 18 heavy (non-hydrogen) atoms. The predicted molar refractivity (Wildman–Crippen MR) is 67.6 cm³/mol. The number of aryl methyl sites for hydroxylation is 1. The number of rotatable bonds is 3. The van der Waals surface area contributed by atoms with Crippen molar-refractivity contribution in [2.24, 2.45) is 0 Å². The minimum absolute atomic E-state index is 0.0816. The molecule has 1 heterocycles. The van der Waals surface area contributed by atoms with E-state index >= 15 is 0 Å². The molecule has 7 nitrogen and oxygen atoms in total. The van der Waals surface area contributed by atoms with Crippen molar-refractivity contribution in [1.82, 2.24) is 9.97 Å². The maximum Gasteiger partial charge on any atom is 0.353 e. The summed E-state index contributed by atoms with van der Waals surface area (Å²) in [6, 6.07) is 7.40. The van der Waals surface area contributed by atoms with Crippen LogP contribution in [-0.4, -0.2) is 14.9 Å². The second-order valence-corrected chi connectivity index (χ2v) is 3.71. The molecular formula is C11H11N5O2. The van der Waals surface area contributed by atoms with E-state index in [2.05, 4.69) is 15.3 Å². The smallest absolute Gasteiger partial charge is 0.353 e. The Morgan fingerprint density at radius 3 is 2.83 bits per heavy atom. The van der Waals surface area contributed by atoms with Crippen molar-refractivity contribution in [2.75, 3.05) is 11.1 Å². The lowest BCUT2D eigenvalue weighted by Gasteiger charge is -2.07. The second-order valence-electron chi connectivity index (χ2n) is 3.71. The van der Waals surface area contributed by atoms with Crippen LogP contribution in [0.5, 0.6) is 0 Å². The van der Waals surface area contributed by atoms with Gasteiger partial charge in [-0.15, -0.1) is 0 Å². The molecule has 0 amide bonds. The number of hydrogen-bond donors (Lipinski definition) is 2. The van der Waals surface area contributed by atoms with Gasteiger partial charge in [-0.1, -0.05) is 12.1 Å². The first-order valence-electron chi connectivity index (χ1n) is 5.16. The molecule has 0 saturated heterocycles. The van der Waals surface area contributed by atoms with Crippen molar-refractivity contribution >= 4 is 23.0 Å². The van der Waals surface area contributed by atoms with E-state index in [-0.39, 0.29) is 17.3 Å². The maximum absolute atomic E-state index is 10.9. The van der Waals surface area contributed by atoms with E-state index in [1.54, 1.807) is 6.07 Å². The number of nitrogens with one attached hydrogen (secondary N) is 1. The van der Waals surface area contributed by atoms with Crippen molar-refractivity contribution < 1.29 is 4.92 Å². The van der Waals surface area contributed by atoms with Gasteiger partial charge in [-0.3, -0.25) is 10.1 Å². The Balaban J connectivity index is 2.40. The Bertz CT molecular complexity index is 600. The third-order valence-corrected chi connectivity index (χ3v) is 2.31. The minimum atomic E-state index is -0.604. The molecule has 2 aromatic rings. The van der Waals surface area contributed by atoms with Crippen molar-refractivity contribution in [2.45, 2.75) is 6.92 Å². The zero-order chi connectivity index (χ0) is 13.1. The second kappa shape index (κ2) is 4.66. The number of benzene rings is 1. The van der Waals surface area contributed by atoms with Gasteiger partial charge in [-0.05, 0) is 24.6 Å². The molecule has 0 atom stereocenters. The third-order valence-electron chi connectivity index (χ3n) is 2.31. The van der Waals surface area contributed by atoms with E-state index in [4.69, 9.17) is 5.73 Å². The summed E-state index contributed by atoms with van der Waals surface area (Å²) in [4.78, 5) is 17.7. The van der Waals surface area contributed by atoms with E-state index in [1.807, 2.05) is 25.1 Å². The van der Waals surface area contributed by atoms with E-state index < -0.39 is 4.92 Å². The quantitative estimate of drug-likeness (QED) is 0.632. The molecule has 7 heteroatoms. The van der Waals surface area contributed by atoms with Gasteiger partial charge >= 0.3 is 5.69 Å². The Morgan fingerprint density at radius 2 is 2.17 bits per heavy atom. The summed E-state index contributed by atoms with van der Waals surface area (Å²) in [5, 5.41) is 13.8. The van der Waals surface area contributed by atoms with Gasteiger partial charge in [0.25, 0.3) is 0 Å². The van der Waals surface area contributed by atoms with Crippen LogP contribution in [0.15, 0.2) is 30.6 Å². The number of nitrogens with zero attached hydrogens (tertiary/aromatic N) is 3. The summed E-state index contributed by atoms with van der Waals surface area (Å²) >= 11 is 0. The minimum Gasteiger partial charge on any atom is -0.378 e. The molecule has 0 aliphatic carbocycles. The molecule has 0 aliphatic heterocycles. The number of aromatic nitrogens is 2. The largest absolute Gasteiger partial charge is 0.378 e. The molecule has 1 aromatic carbocycles. The third kappa shape index (κ3) is 2.34. The van der Waals surface area contributed by atoms with Crippen LogP contribution in [-0.2, 0) is 0 Å². The molecule has 0 fully saturated rings. The molecule has 92 valence electrons. The molecule has 0 saturated carbocycles. The average Bonchev–Trinajstić information content (AvgIpc) is 2.28. The molecule has 0 aliphatic rings. The van der Waals surface area contributed by atoms with Gasteiger partial charge in [0.05, 0.1) is 4.92 Å². The van der Waals surface area contributed by atoms with Crippen molar-refractivity contribution in [3.05, 3.63) is 46.3 Å². The summed E-state index contributed by atoms with van der Waals surface area (Å²) < 4.78 is 0. The summed E-state index contributed by atoms with van der Waals surface area (Å²) in [5.74, 6) is -0.0803. The molecule has 0 unspecified atom stereocenters. The Hall–Kier alpha value is -2.70. The van der Waals surface area contributed by atoms with Gasteiger partial charge < -0.3 is 11.1 Å². The highest BCUT2D eigenvalue weighted by Crippen LogP contribution is 2.29. The van der Waals surface area contributed by atoms with Crippen LogP contribution in [0.2, 0.25) is 0 Å². The SMILES string of the molecule is Cc1cccc(Nc2ncnc(N)c2[N+](=O)[O-])c1. The number of nitro groups is 1. The molecule has 0 bridgehead atoms. The zero-order valence-corrected chi connectivity index (χ0v) is 9.62. The van der Waals surface area contributed by atoms with E-state index in [0.717, 1.165) is 5.56 Å². The number of anilines is 3. The first kappa shape index (κ1) is 11.8. The number of nitrogen functional groups attached to an aromatic ring is 1. The molecule has 1 aromatic heterocycles. The predicted octanol–water partition coefficient (Wildman–Crippen LogP) is 2.02. The van der Waals surface area contributed by atoms with Crippen molar-refractivity contribution in [3.63, 3.8) is 0 Å². The summed E-state index contributed by atoms with van der Waals surface area (Å²) in [7, 11) is 0. The van der Waals surface area contributed by atoms with Gasteiger partial charge in [-0.25, -0.2) is 9.97 Å². The number of hydrogen-bond acceptors (Lipinski definition) is 6. The Labute approximate surface area is 103 Å². The van der Waals surface area contributed by atoms with Crippen LogP contribution >= 0.6 is 0 Å². The summed E-state index contributed by atoms with van der Waals surface area (Å²) in [6.45, 7) is 1.92. The highest BCUT2D eigenvalue weighted by atomic mass is 16.6. The lowest BCUT2D eigenvalue weighted by molar-refractivity contribution is -0.383. The van der Waals surface area contributed by atoms with Crippen LogP contribution in [0.1, 0.15) is 5.56 Å². The van der Waals surface area contributed by atoms with Crippen LogP contribution in [0.25, 0.3) is 0 Å². The number of nitrogens with two attached hydrogens (primary N) is 1. The van der Waals surface area contributed by atoms with Gasteiger partial charge in [0, 0.05) is 5.69 Å². The highest BCUT2D eigenvalue weighted by Gasteiger charge is 2.20. The fourth-order valence-corrected chi connectivity index (χ4v) is 1.52. The molecule has 3 N–H and O–H groups in total.